The molecule has 6 N–H and O–H groups in total. The maximum atomic E-state index is 8.58. The van der Waals surface area contributed by atoms with E-state index in [4.69, 9.17) is 16.3 Å². The molecule has 0 aliphatic carbocycles. The predicted molar refractivity (Wildman–Crippen MR) is 64.3 cm³/mol. The smallest absolute Gasteiger partial charge is 0.225 e. The van der Waals surface area contributed by atoms with Gasteiger partial charge in [0.15, 0.2) is 5.82 Å². The van der Waals surface area contributed by atoms with Crippen molar-refractivity contribution in [2.75, 3.05) is 11.5 Å². The van der Waals surface area contributed by atoms with Crippen LogP contribution < -0.4 is 17.2 Å². The number of nitrogens with zero attached hydrogens (tertiary/aromatic N) is 3. The minimum atomic E-state index is 0.136. The Labute approximate surface area is 97.7 Å². The van der Waals surface area contributed by atoms with E-state index in [1.54, 1.807) is 0 Å². The molecule has 2 rings (SSSR count). The second-order valence-electron chi connectivity index (χ2n) is 2.88. The average molecular weight is 232 g/mol. The lowest BCUT2D eigenvalue weighted by Crippen LogP contribution is -2.04. The fraction of sp³-hybridized carbons (Fsp3) is 0. The van der Waals surface area contributed by atoms with Gasteiger partial charge in [0.05, 0.1) is 0 Å². The van der Waals surface area contributed by atoms with Crippen LogP contribution in [0.2, 0.25) is 0 Å². The van der Waals surface area contributed by atoms with E-state index in [1.165, 1.54) is 0 Å². The van der Waals surface area contributed by atoms with Crippen molar-refractivity contribution in [3.8, 4) is 11.4 Å². The highest BCUT2D eigenvalue weighted by Crippen LogP contribution is 2.14. The first-order chi connectivity index (χ1) is 8.17. The zero-order chi connectivity index (χ0) is 12.7. The van der Waals surface area contributed by atoms with Crippen molar-refractivity contribution in [1.82, 2.24) is 15.0 Å². The molecule has 0 spiro atoms. The van der Waals surface area contributed by atoms with Gasteiger partial charge >= 0.3 is 0 Å². The summed E-state index contributed by atoms with van der Waals surface area (Å²) in [5.74, 6) is 0.767. The van der Waals surface area contributed by atoms with Crippen molar-refractivity contribution in [3.05, 3.63) is 30.3 Å². The lowest BCUT2D eigenvalue weighted by Gasteiger charge is -2.00. The summed E-state index contributed by atoms with van der Waals surface area (Å²) in [7, 11) is 0. The summed E-state index contributed by atoms with van der Waals surface area (Å²) in [5.41, 5.74) is 15.9. The van der Waals surface area contributed by atoms with Gasteiger partial charge in [-0.1, -0.05) is 30.3 Å². The molecule has 2 aromatic rings. The number of rotatable bonds is 1. The molecule has 1 aromatic heterocycles. The van der Waals surface area contributed by atoms with Crippen molar-refractivity contribution in [2.24, 2.45) is 5.73 Å². The molecule has 0 aliphatic heterocycles. The van der Waals surface area contributed by atoms with E-state index < -0.39 is 0 Å². The first kappa shape index (κ1) is 12.4. The summed E-state index contributed by atoms with van der Waals surface area (Å²) >= 11 is 0. The zero-order valence-corrected chi connectivity index (χ0v) is 8.95. The van der Waals surface area contributed by atoms with Crippen molar-refractivity contribution in [3.63, 3.8) is 0 Å². The fourth-order valence-corrected chi connectivity index (χ4v) is 1.13. The first-order valence-electron chi connectivity index (χ1n) is 4.65. The second-order valence-corrected chi connectivity index (χ2v) is 2.88. The quantitative estimate of drug-likeness (QED) is 0.583. The van der Waals surface area contributed by atoms with E-state index in [0.29, 0.717) is 5.82 Å². The number of nitrogens with two attached hydrogens (primary N) is 3. The molecule has 0 fully saturated rings. The topological polar surface area (TPSA) is 134 Å². The third-order valence-corrected chi connectivity index (χ3v) is 1.70. The highest BCUT2D eigenvalue weighted by Gasteiger charge is 2.03. The van der Waals surface area contributed by atoms with Gasteiger partial charge in [-0.25, -0.2) is 0 Å². The minimum Gasteiger partial charge on any atom is -0.372 e. The van der Waals surface area contributed by atoms with Gasteiger partial charge in [0.25, 0.3) is 0 Å². The van der Waals surface area contributed by atoms with Gasteiger partial charge in [-0.2, -0.15) is 15.0 Å². The molecule has 0 saturated heterocycles. The Morgan fingerprint density at radius 1 is 0.941 bits per heavy atom. The van der Waals surface area contributed by atoms with Crippen LogP contribution >= 0.6 is 0 Å². The molecule has 0 saturated carbocycles. The van der Waals surface area contributed by atoms with Gasteiger partial charge in [0, 0.05) is 5.56 Å². The van der Waals surface area contributed by atoms with Gasteiger partial charge in [0.1, 0.15) is 0 Å². The lowest BCUT2D eigenvalue weighted by molar-refractivity contribution is -0.106. The van der Waals surface area contributed by atoms with Gasteiger partial charge in [-0.05, 0) is 0 Å². The summed E-state index contributed by atoms with van der Waals surface area (Å²) in [6.07, 6.45) is 0.250. The Balaban J connectivity index is 0.000000437. The van der Waals surface area contributed by atoms with Crippen LogP contribution in [0.1, 0.15) is 0 Å². The number of primary amides is 1. The van der Waals surface area contributed by atoms with Crippen LogP contribution in [0.15, 0.2) is 30.3 Å². The Bertz CT molecular complexity index is 467. The van der Waals surface area contributed by atoms with Crippen LogP contribution in [0.3, 0.4) is 0 Å². The monoisotopic (exact) mass is 232 g/mol. The molecule has 1 aromatic carbocycles. The largest absolute Gasteiger partial charge is 0.372 e. The number of aromatic nitrogens is 3. The van der Waals surface area contributed by atoms with Gasteiger partial charge in [0.2, 0.25) is 18.3 Å². The molecule has 1 amide bonds. The standard InChI is InChI=1S/C9H9N5.CH3NO/c10-8-12-7(13-9(11)14-8)6-4-2-1-3-5-6;2-1-3/h1-5H,(H4,10,11,12,13,14);1H,(H2,2,3). The SMILES string of the molecule is NC=O.Nc1nc(N)nc(-c2ccccc2)n1. The second kappa shape index (κ2) is 6.01. The Hall–Kier alpha value is -2.70. The summed E-state index contributed by atoms with van der Waals surface area (Å²) in [4.78, 5) is 20.2. The number of carbonyl (C=O) groups is 1. The third kappa shape index (κ3) is 3.74. The molecule has 0 atom stereocenters. The Kier molecular flexibility index (Phi) is 4.37. The number of carbonyl (C=O) groups excluding carboxylic acids is 1. The summed E-state index contributed by atoms with van der Waals surface area (Å²) in [6.45, 7) is 0. The number of hydrogen-bond donors (Lipinski definition) is 3. The molecule has 88 valence electrons. The van der Waals surface area contributed by atoms with E-state index in [0.717, 1.165) is 5.56 Å². The van der Waals surface area contributed by atoms with E-state index >= 15 is 0 Å². The van der Waals surface area contributed by atoms with Gasteiger partial charge in [-0.3, -0.25) is 4.79 Å². The normalized spacial score (nSPS) is 8.94. The summed E-state index contributed by atoms with van der Waals surface area (Å²) < 4.78 is 0. The molecule has 0 aliphatic rings. The Morgan fingerprint density at radius 2 is 1.41 bits per heavy atom. The van der Waals surface area contributed by atoms with E-state index in [9.17, 15) is 0 Å². The maximum absolute atomic E-state index is 8.58. The molecular formula is C10H12N6O. The van der Waals surface area contributed by atoms with Crippen molar-refractivity contribution in [1.29, 1.82) is 0 Å². The molecule has 0 unspecified atom stereocenters. The van der Waals surface area contributed by atoms with Crippen LogP contribution in [-0.2, 0) is 4.79 Å². The highest BCUT2D eigenvalue weighted by molar-refractivity contribution is 5.56. The van der Waals surface area contributed by atoms with Crippen molar-refractivity contribution >= 4 is 18.3 Å². The van der Waals surface area contributed by atoms with Crippen LogP contribution in [0.25, 0.3) is 11.4 Å². The number of nitrogen functional groups attached to an aromatic ring is 2. The molecule has 1 heterocycles. The van der Waals surface area contributed by atoms with Crippen LogP contribution in [0.5, 0.6) is 0 Å². The fourth-order valence-electron chi connectivity index (χ4n) is 1.13. The molecule has 0 radical (unpaired) electrons. The van der Waals surface area contributed by atoms with Gasteiger partial charge < -0.3 is 17.2 Å². The number of amides is 1. The lowest BCUT2D eigenvalue weighted by atomic mass is 10.2. The maximum Gasteiger partial charge on any atom is 0.225 e. The Morgan fingerprint density at radius 3 is 1.88 bits per heavy atom. The predicted octanol–water partition coefficient (Wildman–Crippen LogP) is -0.195. The summed E-state index contributed by atoms with van der Waals surface area (Å²) in [6, 6.07) is 9.47. The van der Waals surface area contributed by atoms with E-state index in [-0.39, 0.29) is 18.3 Å². The van der Waals surface area contributed by atoms with Crippen molar-refractivity contribution < 1.29 is 4.79 Å². The third-order valence-electron chi connectivity index (χ3n) is 1.70. The first-order valence-corrected chi connectivity index (χ1v) is 4.65. The molecule has 17 heavy (non-hydrogen) atoms. The van der Waals surface area contributed by atoms with Crippen LogP contribution in [-0.4, -0.2) is 21.4 Å². The number of hydrogen-bond acceptors (Lipinski definition) is 6. The van der Waals surface area contributed by atoms with Crippen molar-refractivity contribution in [2.45, 2.75) is 0 Å². The van der Waals surface area contributed by atoms with E-state index in [1.807, 2.05) is 30.3 Å². The zero-order valence-electron chi connectivity index (χ0n) is 8.95. The van der Waals surface area contributed by atoms with Gasteiger partial charge in [-0.15, -0.1) is 0 Å². The summed E-state index contributed by atoms with van der Waals surface area (Å²) in [5, 5.41) is 0. The molecular weight excluding hydrogens is 220 g/mol. The number of benzene rings is 1. The van der Waals surface area contributed by atoms with Crippen LogP contribution in [0, 0.1) is 0 Å². The van der Waals surface area contributed by atoms with Crippen LogP contribution in [0.4, 0.5) is 11.9 Å². The number of anilines is 2. The molecule has 0 bridgehead atoms. The van der Waals surface area contributed by atoms with E-state index in [2.05, 4.69) is 20.7 Å². The average Bonchev–Trinajstić information content (AvgIpc) is 2.30. The highest BCUT2D eigenvalue weighted by atomic mass is 16.1. The molecule has 7 nitrogen and oxygen atoms in total. The molecule has 7 heteroatoms. The minimum absolute atomic E-state index is 0.136.